The molecule has 1 heterocycles. The summed E-state index contributed by atoms with van der Waals surface area (Å²) < 4.78 is 0. The summed E-state index contributed by atoms with van der Waals surface area (Å²) in [6.45, 7) is 0. The van der Waals surface area contributed by atoms with E-state index in [4.69, 9.17) is 16.4 Å². The molecule has 2 rings (SSSR count). The van der Waals surface area contributed by atoms with Crippen LogP contribution in [0.25, 0.3) is 11.3 Å². The average molecular weight is 235 g/mol. The highest BCUT2D eigenvalue weighted by Gasteiger charge is 2.05. The van der Waals surface area contributed by atoms with Crippen molar-refractivity contribution in [2.45, 2.75) is 0 Å². The summed E-state index contributed by atoms with van der Waals surface area (Å²) >= 11 is 0. The highest BCUT2D eigenvalue weighted by Crippen LogP contribution is 2.21. The van der Waals surface area contributed by atoms with Gasteiger partial charge in [0.15, 0.2) is 5.82 Å². The molecule has 0 radical (unpaired) electrons. The third-order valence-corrected chi connectivity index (χ3v) is 2.46. The van der Waals surface area contributed by atoms with Gasteiger partial charge in [0.1, 0.15) is 6.07 Å². The highest BCUT2D eigenvalue weighted by molar-refractivity contribution is 5.65. The second kappa shape index (κ2) is 4.96. The van der Waals surface area contributed by atoms with Crippen LogP contribution in [0, 0.1) is 22.7 Å². The van der Waals surface area contributed by atoms with Crippen LogP contribution in [-0.2, 0) is 0 Å². The predicted molar refractivity (Wildman–Crippen MR) is 66.9 cm³/mol. The molecule has 0 amide bonds. The van der Waals surface area contributed by atoms with Gasteiger partial charge in [0.25, 0.3) is 0 Å². The Kier molecular flexibility index (Phi) is 3.19. The molecule has 0 bridgehead atoms. The molecule has 0 aliphatic heterocycles. The van der Waals surface area contributed by atoms with Crippen LogP contribution in [0.2, 0.25) is 0 Å². The Morgan fingerprint density at radius 1 is 1.00 bits per heavy atom. The average Bonchev–Trinajstić information content (AvgIpc) is 2.46. The fourth-order valence-electron chi connectivity index (χ4n) is 1.54. The third kappa shape index (κ3) is 2.12. The van der Waals surface area contributed by atoms with Crippen LogP contribution in [0.5, 0.6) is 0 Å². The smallest absolute Gasteiger partial charge is 0.158 e. The van der Waals surface area contributed by atoms with Gasteiger partial charge in [0.2, 0.25) is 0 Å². The summed E-state index contributed by atoms with van der Waals surface area (Å²) in [5.74, 6) is 5.64. The van der Waals surface area contributed by atoms with Crippen molar-refractivity contribution in [2.24, 2.45) is 5.84 Å². The van der Waals surface area contributed by atoms with Gasteiger partial charge in [0, 0.05) is 5.56 Å². The van der Waals surface area contributed by atoms with Gasteiger partial charge in [-0.15, -0.1) is 0 Å². The van der Waals surface area contributed by atoms with Crippen LogP contribution in [0.3, 0.4) is 0 Å². The molecule has 5 heteroatoms. The topological polar surface area (TPSA) is 98.5 Å². The van der Waals surface area contributed by atoms with Crippen LogP contribution < -0.4 is 11.3 Å². The molecule has 0 fully saturated rings. The molecule has 1 aromatic heterocycles. The van der Waals surface area contributed by atoms with Crippen LogP contribution in [0.4, 0.5) is 5.82 Å². The zero-order chi connectivity index (χ0) is 13.0. The predicted octanol–water partition coefficient (Wildman–Crippen LogP) is 1.78. The Morgan fingerprint density at radius 2 is 1.72 bits per heavy atom. The van der Waals surface area contributed by atoms with E-state index >= 15 is 0 Å². The molecular weight excluding hydrogens is 226 g/mol. The SMILES string of the molecule is N#Cc1ccc(-c2ccc(C#N)c(NN)n2)cc1. The van der Waals surface area contributed by atoms with E-state index in [2.05, 4.69) is 16.5 Å². The number of hydrogen-bond acceptors (Lipinski definition) is 5. The van der Waals surface area contributed by atoms with Crippen molar-refractivity contribution in [1.29, 1.82) is 10.5 Å². The first kappa shape index (κ1) is 11.6. The summed E-state index contributed by atoms with van der Waals surface area (Å²) in [4.78, 5) is 4.25. The van der Waals surface area contributed by atoms with Crippen molar-refractivity contribution in [1.82, 2.24) is 4.98 Å². The largest absolute Gasteiger partial charge is 0.307 e. The third-order valence-electron chi connectivity index (χ3n) is 2.46. The number of anilines is 1. The van der Waals surface area contributed by atoms with E-state index in [9.17, 15) is 0 Å². The lowest BCUT2D eigenvalue weighted by Gasteiger charge is -2.05. The number of rotatable bonds is 2. The Morgan fingerprint density at radius 3 is 2.28 bits per heavy atom. The monoisotopic (exact) mass is 235 g/mol. The molecule has 2 aromatic rings. The van der Waals surface area contributed by atoms with Gasteiger partial charge in [-0.25, -0.2) is 10.8 Å². The minimum absolute atomic E-state index is 0.333. The number of nitrogens with zero attached hydrogens (tertiary/aromatic N) is 3. The maximum atomic E-state index is 8.86. The molecule has 1 aromatic carbocycles. The van der Waals surface area contributed by atoms with Crippen molar-refractivity contribution in [3.63, 3.8) is 0 Å². The summed E-state index contributed by atoms with van der Waals surface area (Å²) in [5.41, 5.74) is 4.91. The Hall–Kier alpha value is -2.89. The first-order valence-electron chi connectivity index (χ1n) is 5.17. The number of hydrazine groups is 1. The van der Waals surface area contributed by atoms with Gasteiger partial charge in [-0.3, -0.25) is 0 Å². The number of nitriles is 2. The van der Waals surface area contributed by atoms with E-state index in [1.807, 2.05) is 6.07 Å². The van der Waals surface area contributed by atoms with Crippen molar-refractivity contribution in [2.75, 3.05) is 5.43 Å². The number of hydrogen-bond donors (Lipinski definition) is 2. The fourth-order valence-corrected chi connectivity index (χ4v) is 1.54. The Balaban J connectivity index is 2.45. The van der Waals surface area contributed by atoms with Gasteiger partial charge >= 0.3 is 0 Å². The summed E-state index contributed by atoms with van der Waals surface area (Å²) in [6.07, 6.45) is 0. The minimum Gasteiger partial charge on any atom is -0.307 e. The Labute approximate surface area is 104 Å². The second-order valence-electron chi connectivity index (χ2n) is 3.54. The molecule has 3 N–H and O–H groups in total. The lowest BCUT2D eigenvalue weighted by Crippen LogP contribution is -2.10. The molecule has 0 saturated heterocycles. The molecule has 0 saturated carbocycles. The number of aromatic nitrogens is 1. The number of nitrogens with one attached hydrogen (secondary N) is 1. The van der Waals surface area contributed by atoms with Gasteiger partial charge in [-0.2, -0.15) is 10.5 Å². The lowest BCUT2D eigenvalue weighted by atomic mass is 10.1. The van der Waals surface area contributed by atoms with Gasteiger partial charge < -0.3 is 5.43 Å². The van der Waals surface area contributed by atoms with E-state index in [1.54, 1.807) is 36.4 Å². The Bertz CT molecular complexity index is 647. The summed E-state index contributed by atoms with van der Waals surface area (Å²) in [6, 6.07) is 14.5. The quantitative estimate of drug-likeness (QED) is 0.610. The van der Waals surface area contributed by atoms with Crippen LogP contribution in [0.1, 0.15) is 11.1 Å². The normalized spacial score (nSPS) is 9.28. The van der Waals surface area contributed by atoms with Gasteiger partial charge in [-0.1, -0.05) is 12.1 Å². The number of benzene rings is 1. The van der Waals surface area contributed by atoms with Gasteiger partial charge in [-0.05, 0) is 24.3 Å². The molecular formula is C13H9N5. The molecule has 0 unspecified atom stereocenters. The van der Waals surface area contributed by atoms with E-state index in [0.717, 1.165) is 5.56 Å². The fraction of sp³-hybridized carbons (Fsp3) is 0. The molecule has 0 aliphatic rings. The maximum Gasteiger partial charge on any atom is 0.158 e. The lowest BCUT2D eigenvalue weighted by molar-refractivity contribution is 1.21. The molecule has 0 aliphatic carbocycles. The van der Waals surface area contributed by atoms with Crippen molar-refractivity contribution in [3.8, 4) is 23.4 Å². The zero-order valence-corrected chi connectivity index (χ0v) is 9.38. The van der Waals surface area contributed by atoms with Crippen LogP contribution >= 0.6 is 0 Å². The highest BCUT2D eigenvalue weighted by atomic mass is 15.2. The molecule has 86 valence electrons. The standard InChI is InChI=1S/C13H9N5/c14-7-9-1-3-10(4-2-9)12-6-5-11(8-15)13(17-12)18-16/h1-6H,16H2,(H,17,18). The molecule has 18 heavy (non-hydrogen) atoms. The number of nitrogens with two attached hydrogens (primary N) is 1. The molecule has 5 nitrogen and oxygen atoms in total. The first-order valence-corrected chi connectivity index (χ1v) is 5.17. The molecule has 0 spiro atoms. The number of nitrogen functional groups attached to an aromatic ring is 1. The van der Waals surface area contributed by atoms with Crippen molar-refractivity contribution in [3.05, 3.63) is 47.5 Å². The van der Waals surface area contributed by atoms with Crippen LogP contribution in [0.15, 0.2) is 36.4 Å². The minimum atomic E-state index is 0.333. The summed E-state index contributed by atoms with van der Waals surface area (Å²) in [7, 11) is 0. The second-order valence-corrected chi connectivity index (χ2v) is 3.54. The van der Waals surface area contributed by atoms with Crippen molar-refractivity contribution < 1.29 is 0 Å². The zero-order valence-electron chi connectivity index (χ0n) is 9.38. The van der Waals surface area contributed by atoms with E-state index < -0.39 is 0 Å². The first-order chi connectivity index (χ1) is 8.78. The molecule has 0 atom stereocenters. The number of pyridine rings is 1. The summed E-state index contributed by atoms with van der Waals surface area (Å²) in [5, 5.41) is 17.6. The maximum absolute atomic E-state index is 8.86. The van der Waals surface area contributed by atoms with E-state index in [0.29, 0.717) is 22.6 Å². The van der Waals surface area contributed by atoms with E-state index in [1.165, 1.54) is 0 Å². The van der Waals surface area contributed by atoms with Crippen molar-refractivity contribution >= 4 is 5.82 Å². The van der Waals surface area contributed by atoms with Crippen LogP contribution in [-0.4, -0.2) is 4.98 Å². The van der Waals surface area contributed by atoms with E-state index in [-0.39, 0.29) is 0 Å². The van der Waals surface area contributed by atoms with Gasteiger partial charge in [0.05, 0.1) is 22.9 Å².